The van der Waals surface area contributed by atoms with Crippen molar-refractivity contribution in [2.45, 2.75) is 32.7 Å². The van der Waals surface area contributed by atoms with Crippen LogP contribution in [0.3, 0.4) is 0 Å². The van der Waals surface area contributed by atoms with E-state index in [4.69, 9.17) is 9.15 Å². The molecule has 0 spiro atoms. The maximum atomic E-state index is 11.9. The van der Waals surface area contributed by atoms with Crippen molar-refractivity contribution in [3.05, 3.63) is 30.0 Å². The number of furan rings is 1. The minimum absolute atomic E-state index is 0.0138. The summed E-state index contributed by atoms with van der Waals surface area (Å²) in [4.78, 5) is 11.9. The molecule has 0 saturated heterocycles. The molecule has 1 unspecified atom stereocenters. The zero-order valence-corrected chi connectivity index (χ0v) is 11.5. The van der Waals surface area contributed by atoms with E-state index in [0.29, 0.717) is 6.42 Å². The summed E-state index contributed by atoms with van der Waals surface area (Å²) in [5, 5.41) is 3.88. The summed E-state index contributed by atoms with van der Waals surface area (Å²) >= 11 is 0. The molecule has 0 fully saturated rings. The monoisotopic (exact) mass is 261 g/mol. The predicted octanol–water partition coefficient (Wildman–Crippen LogP) is 2.90. The van der Waals surface area contributed by atoms with Gasteiger partial charge in [-0.15, -0.1) is 0 Å². The molecule has 0 bridgehead atoms. The van der Waals surface area contributed by atoms with E-state index >= 15 is 0 Å². The molecule has 0 saturated carbocycles. The maximum Gasteiger partial charge on any atom is 0.224 e. The SMILES string of the molecule is CCC(C)NC(=O)Cc1coc2ccc(OC)cc12. The first kappa shape index (κ1) is 13.5. The average molecular weight is 261 g/mol. The summed E-state index contributed by atoms with van der Waals surface area (Å²) in [6.45, 7) is 4.04. The topological polar surface area (TPSA) is 51.5 Å². The molecular weight excluding hydrogens is 242 g/mol. The van der Waals surface area contributed by atoms with E-state index < -0.39 is 0 Å². The molecule has 1 heterocycles. The third-order valence-electron chi connectivity index (χ3n) is 3.23. The number of hydrogen-bond acceptors (Lipinski definition) is 3. The van der Waals surface area contributed by atoms with Crippen molar-refractivity contribution < 1.29 is 13.9 Å². The summed E-state index contributed by atoms with van der Waals surface area (Å²) in [7, 11) is 1.62. The summed E-state index contributed by atoms with van der Waals surface area (Å²) < 4.78 is 10.6. The number of methoxy groups -OCH3 is 1. The number of ether oxygens (including phenoxy) is 1. The van der Waals surface area contributed by atoms with Crippen molar-refractivity contribution in [1.29, 1.82) is 0 Å². The van der Waals surface area contributed by atoms with Crippen LogP contribution in [-0.4, -0.2) is 19.1 Å². The van der Waals surface area contributed by atoms with Gasteiger partial charge in [0.15, 0.2) is 0 Å². The van der Waals surface area contributed by atoms with Gasteiger partial charge in [-0.2, -0.15) is 0 Å². The predicted molar refractivity (Wildman–Crippen MR) is 74.4 cm³/mol. The summed E-state index contributed by atoms with van der Waals surface area (Å²) in [5.74, 6) is 0.775. The van der Waals surface area contributed by atoms with Crippen molar-refractivity contribution in [1.82, 2.24) is 5.32 Å². The molecule has 0 aliphatic rings. The van der Waals surface area contributed by atoms with E-state index in [9.17, 15) is 4.79 Å². The number of amides is 1. The second kappa shape index (κ2) is 5.78. The highest BCUT2D eigenvalue weighted by atomic mass is 16.5. The van der Waals surface area contributed by atoms with Crippen LogP contribution in [0.15, 0.2) is 28.9 Å². The Morgan fingerprint density at radius 3 is 2.95 bits per heavy atom. The molecule has 19 heavy (non-hydrogen) atoms. The molecule has 0 aliphatic carbocycles. The van der Waals surface area contributed by atoms with Crippen LogP contribution in [0.25, 0.3) is 11.0 Å². The van der Waals surface area contributed by atoms with Crippen LogP contribution in [-0.2, 0) is 11.2 Å². The molecule has 1 N–H and O–H groups in total. The fraction of sp³-hybridized carbons (Fsp3) is 0.400. The smallest absolute Gasteiger partial charge is 0.224 e. The Morgan fingerprint density at radius 1 is 1.47 bits per heavy atom. The van der Waals surface area contributed by atoms with Gasteiger partial charge in [0, 0.05) is 17.0 Å². The van der Waals surface area contributed by atoms with Gasteiger partial charge in [0.2, 0.25) is 5.91 Å². The van der Waals surface area contributed by atoms with E-state index in [1.165, 1.54) is 0 Å². The molecule has 1 amide bonds. The summed E-state index contributed by atoms with van der Waals surface area (Å²) in [5.41, 5.74) is 1.65. The van der Waals surface area contributed by atoms with E-state index in [-0.39, 0.29) is 11.9 Å². The van der Waals surface area contributed by atoms with Gasteiger partial charge in [-0.3, -0.25) is 4.79 Å². The fourth-order valence-electron chi connectivity index (χ4n) is 1.93. The van der Waals surface area contributed by atoms with Gasteiger partial charge in [0.1, 0.15) is 11.3 Å². The van der Waals surface area contributed by atoms with E-state index in [1.807, 2.05) is 32.0 Å². The van der Waals surface area contributed by atoms with Crippen molar-refractivity contribution in [3.8, 4) is 5.75 Å². The second-order valence-corrected chi connectivity index (χ2v) is 4.68. The van der Waals surface area contributed by atoms with Gasteiger partial charge in [-0.05, 0) is 31.5 Å². The minimum Gasteiger partial charge on any atom is -0.497 e. The molecule has 1 aromatic carbocycles. The molecule has 4 nitrogen and oxygen atoms in total. The quantitative estimate of drug-likeness (QED) is 0.900. The van der Waals surface area contributed by atoms with Gasteiger partial charge in [-0.1, -0.05) is 6.92 Å². The Bertz CT molecular complexity index is 574. The van der Waals surface area contributed by atoms with E-state index in [2.05, 4.69) is 5.32 Å². The Labute approximate surface area is 112 Å². The number of carbonyl (C=O) groups is 1. The van der Waals surface area contributed by atoms with Crippen LogP contribution < -0.4 is 10.1 Å². The minimum atomic E-state index is 0.0138. The zero-order chi connectivity index (χ0) is 13.8. The van der Waals surface area contributed by atoms with Crippen molar-refractivity contribution in [2.24, 2.45) is 0 Å². The van der Waals surface area contributed by atoms with Crippen molar-refractivity contribution in [2.75, 3.05) is 7.11 Å². The van der Waals surface area contributed by atoms with Crippen LogP contribution in [0.5, 0.6) is 5.75 Å². The van der Waals surface area contributed by atoms with Crippen LogP contribution in [0, 0.1) is 0 Å². The van der Waals surface area contributed by atoms with Gasteiger partial charge < -0.3 is 14.5 Å². The van der Waals surface area contributed by atoms with E-state index in [0.717, 1.165) is 28.7 Å². The number of hydrogen-bond donors (Lipinski definition) is 1. The lowest BCUT2D eigenvalue weighted by Crippen LogP contribution is -2.33. The highest BCUT2D eigenvalue weighted by molar-refractivity contribution is 5.88. The fourth-order valence-corrected chi connectivity index (χ4v) is 1.93. The first-order valence-electron chi connectivity index (χ1n) is 6.47. The highest BCUT2D eigenvalue weighted by Gasteiger charge is 2.12. The molecule has 102 valence electrons. The second-order valence-electron chi connectivity index (χ2n) is 4.68. The molecule has 0 radical (unpaired) electrons. The van der Waals surface area contributed by atoms with Crippen molar-refractivity contribution >= 4 is 16.9 Å². The van der Waals surface area contributed by atoms with Crippen molar-refractivity contribution in [3.63, 3.8) is 0 Å². The number of carbonyl (C=O) groups excluding carboxylic acids is 1. The van der Waals surface area contributed by atoms with Crippen LogP contribution in [0.1, 0.15) is 25.8 Å². The van der Waals surface area contributed by atoms with Crippen LogP contribution >= 0.6 is 0 Å². The molecule has 2 aromatic rings. The first-order valence-corrected chi connectivity index (χ1v) is 6.47. The molecule has 1 atom stereocenters. The molecule has 4 heteroatoms. The van der Waals surface area contributed by atoms with E-state index in [1.54, 1.807) is 13.4 Å². The third-order valence-corrected chi connectivity index (χ3v) is 3.23. The lowest BCUT2D eigenvalue weighted by atomic mass is 10.1. The van der Waals surface area contributed by atoms with Gasteiger partial charge in [-0.25, -0.2) is 0 Å². The average Bonchev–Trinajstić information content (AvgIpc) is 2.80. The Kier molecular flexibility index (Phi) is 4.10. The van der Waals surface area contributed by atoms with Crippen LogP contribution in [0.4, 0.5) is 0 Å². The van der Waals surface area contributed by atoms with Gasteiger partial charge in [0.05, 0.1) is 19.8 Å². The largest absolute Gasteiger partial charge is 0.497 e. The Balaban J connectivity index is 2.18. The molecule has 0 aliphatic heterocycles. The number of benzene rings is 1. The number of fused-ring (bicyclic) bond motifs is 1. The zero-order valence-electron chi connectivity index (χ0n) is 11.5. The highest BCUT2D eigenvalue weighted by Crippen LogP contribution is 2.26. The Morgan fingerprint density at radius 2 is 2.26 bits per heavy atom. The lowest BCUT2D eigenvalue weighted by molar-refractivity contribution is -0.121. The normalized spacial score (nSPS) is 12.4. The van der Waals surface area contributed by atoms with Gasteiger partial charge >= 0.3 is 0 Å². The lowest BCUT2D eigenvalue weighted by Gasteiger charge is -2.10. The third kappa shape index (κ3) is 3.08. The standard InChI is InChI=1S/C15H19NO3/c1-4-10(2)16-15(17)7-11-9-19-14-6-5-12(18-3)8-13(11)14/h5-6,8-10H,4,7H2,1-3H3,(H,16,17). The molecule has 2 rings (SSSR count). The van der Waals surface area contributed by atoms with Crippen LogP contribution in [0.2, 0.25) is 0 Å². The summed E-state index contributed by atoms with van der Waals surface area (Å²) in [6.07, 6.45) is 2.89. The molecular formula is C15H19NO3. The van der Waals surface area contributed by atoms with Gasteiger partial charge in [0.25, 0.3) is 0 Å². The first-order chi connectivity index (χ1) is 9.13. The summed E-state index contributed by atoms with van der Waals surface area (Å²) in [6, 6.07) is 5.78. The Hall–Kier alpha value is -1.97. The maximum absolute atomic E-state index is 11.9. The molecule has 1 aromatic heterocycles. The number of rotatable bonds is 5. The number of nitrogens with one attached hydrogen (secondary N) is 1.